The molecule has 1 saturated heterocycles. The number of nitrogens with zero attached hydrogens (tertiary/aromatic N) is 4. The standard InChI is InChI=1S/C22H34N4.C9H11NO.C2H6/c1-18(17-26-12-7-6-8-13-26)15-19(2)21(11-14-25(4)5)20-9-10-22(23-3)24-16-20;1-10(2)9(11)8-6-4-3-5-7-8;1-2/h9-11,15-16H,2,6-8,12-14,17H2,1,3-5H3,(H,23,24);3-7H,1-2H3;1-2H3/b18-15+,21-11+;;. The zero-order chi connectivity index (χ0) is 29.2. The maximum atomic E-state index is 11.3. The average molecular weight is 534 g/mol. The molecule has 0 atom stereocenters. The number of hydrogen-bond donors (Lipinski definition) is 1. The number of anilines is 1. The van der Waals surface area contributed by atoms with Gasteiger partial charge in [-0.15, -0.1) is 0 Å². The SMILES string of the molecule is C=C(/C=C(\C)CN1CCCCC1)/C(=C\CN(C)C)c1ccc(NC)nc1.CC.CN(C)C(=O)c1ccccc1. The number of benzene rings is 1. The van der Waals surface area contributed by atoms with E-state index in [1.54, 1.807) is 19.0 Å². The average Bonchev–Trinajstić information content (AvgIpc) is 2.95. The molecular formula is C33H51N5O. The van der Waals surface area contributed by atoms with Crippen molar-refractivity contribution < 1.29 is 4.79 Å². The van der Waals surface area contributed by atoms with Gasteiger partial charge in [0.1, 0.15) is 5.82 Å². The zero-order valence-electron chi connectivity index (χ0n) is 25.6. The number of amides is 1. The van der Waals surface area contributed by atoms with E-state index in [2.05, 4.69) is 65.9 Å². The van der Waals surface area contributed by atoms with Gasteiger partial charge in [0.2, 0.25) is 0 Å². The molecule has 0 saturated carbocycles. The zero-order valence-corrected chi connectivity index (χ0v) is 25.6. The Morgan fingerprint density at radius 3 is 2.15 bits per heavy atom. The van der Waals surface area contributed by atoms with Crippen LogP contribution in [0.4, 0.5) is 5.82 Å². The number of pyridine rings is 1. The molecule has 1 aliphatic heterocycles. The lowest BCUT2D eigenvalue weighted by molar-refractivity contribution is 0.0827. The summed E-state index contributed by atoms with van der Waals surface area (Å²) in [5.41, 5.74) is 5.43. The smallest absolute Gasteiger partial charge is 0.253 e. The molecule has 0 radical (unpaired) electrons. The van der Waals surface area contributed by atoms with Gasteiger partial charge in [-0.2, -0.15) is 0 Å². The van der Waals surface area contributed by atoms with Crippen LogP contribution in [0.5, 0.6) is 0 Å². The Labute approximate surface area is 238 Å². The van der Waals surface area contributed by atoms with E-state index in [1.165, 1.54) is 37.9 Å². The Morgan fingerprint density at radius 1 is 1.00 bits per heavy atom. The first-order chi connectivity index (χ1) is 18.7. The molecule has 1 amide bonds. The Morgan fingerprint density at radius 2 is 1.64 bits per heavy atom. The molecule has 0 spiro atoms. The van der Waals surface area contributed by atoms with Crippen LogP contribution < -0.4 is 5.32 Å². The molecule has 214 valence electrons. The summed E-state index contributed by atoms with van der Waals surface area (Å²) in [6.45, 7) is 14.9. The fourth-order valence-corrected chi connectivity index (χ4v) is 4.14. The second-order valence-corrected chi connectivity index (χ2v) is 9.98. The van der Waals surface area contributed by atoms with Crippen LogP contribution in [0.15, 0.2) is 78.5 Å². The molecule has 1 aliphatic rings. The minimum Gasteiger partial charge on any atom is -0.373 e. The van der Waals surface area contributed by atoms with Crippen LogP contribution in [-0.2, 0) is 0 Å². The fourth-order valence-electron chi connectivity index (χ4n) is 4.14. The molecule has 1 aromatic carbocycles. The lowest BCUT2D eigenvalue weighted by atomic mass is 9.97. The van der Waals surface area contributed by atoms with E-state index in [4.69, 9.17) is 0 Å². The third-order valence-corrected chi connectivity index (χ3v) is 6.11. The summed E-state index contributed by atoms with van der Waals surface area (Å²) in [7, 11) is 9.54. The molecule has 6 heteroatoms. The number of carbonyl (C=O) groups excluding carboxylic acids is 1. The van der Waals surface area contributed by atoms with E-state index in [9.17, 15) is 4.79 Å². The number of piperidine rings is 1. The normalized spacial score (nSPS) is 14.0. The summed E-state index contributed by atoms with van der Waals surface area (Å²) < 4.78 is 0. The predicted octanol–water partition coefficient (Wildman–Crippen LogP) is 6.47. The van der Waals surface area contributed by atoms with Crippen molar-refractivity contribution in [3.8, 4) is 0 Å². The lowest BCUT2D eigenvalue weighted by Gasteiger charge is -2.26. The number of aromatic nitrogens is 1. The van der Waals surface area contributed by atoms with Crippen molar-refractivity contribution in [2.75, 3.05) is 66.7 Å². The first-order valence-electron chi connectivity index (χ1n) is 14.1. The number of carbonyl (C=O) groups is 1. The molecule has 1 fully saturated rings. The van der Waals surface area contributed by atoms with Crippen molar-refractivity contribution in [2.24, 2.45) is 0 Å². The molecule has 0 bridgehead atoms. The maximum Gasteiger partial charge on any atom is 0.253 e. The van der Waals surface area contributed by atoms with Crippen molar-refractivity contribution in [3.05, 3.63) is 89.7 Å². The minimum atomic E-state index is 0.0469. The summed E-state index contributed by atoms with van der Waals surface area (Å²) in [4.78, 5) is 22.0. The molecule has 2 aromatic rings. The summed E-state index contributed by atoms with van der Waals surface area (Å²) in [5, 5.41) is 3.07. The van der Waals surface area contributed by atoms with Crippen LogP contribution in [-0.4, -0.2) is 87.0 Å². The molecule has 1 N–H and O–H groups in total. The highest BCUT2D eigenvalue weighted by atomic mass is 16.2. The van der Waals surface area contributed by atoms with E-state index in [0.29, 0.717) is 0 Å². The van der Waals surface area contributed by atoms with Crippen molar-refractivity contribution in [1.82, 2.24) is 19.7 Å². The fraction of sp³-hybridized carbons (Fsp3) is 0.455. The van der Waals surface area contributed by atoms with Crippen LogP contribution in [0, 0.1) is 0 Å². The number of nitrogens with one attached hydrogen (secondary N) is 1. The monoisotopic (exact) mass is 533 g/mol. The van der Waals surface area contributed by atoms with Gasteiger partial charge in [-0.05, 0) is 82.4 Å². The number of likely N-dealkylation sites (N-methyl/N-ethyl adjacent to an activating group) is 1. The highest BCUT2D eigenvalue weighted by molar-refractivity contribution is 5.93. The van der Waals surface area contributed by atoms with Crippen LogP contribution in [0.2, 0.25) is 0 Å². The quantitative estimate of drug-likeness (QED) is 0.374. The highest BCUT2D eigenvalue weighted by Crippen LogP contribution is 2.24. The molecule has 0 aliphatic carbocycles. The van der Waals surface area contributed by atoms with Crippen LogP contribution >= 0.6 is 0 Å². The first-order valence-corrected chi connectivity index (χ1v) is 14.1. The summed E-state index contributed by atoms with van der Waals surface area (Å²) in [6, 6.07) is 13.3. The summed E-state index contributed by atoms with van der Waals surface area (Å²) in [6.07, 6.45) is 10.4. The molecule has 0 unspecified atom stereocenters. The summed E-state index contributed by atoms with van der Waals surface area (Å²) >= 11 is 0. The molecule has 3 rings (SSSR count). The second-order valence-electron chi connectivity index (χ2n) is 9.98. The van der Waals surface area contributed by atoms with E-state index in [0.717, 1.165) is 41.2 Å². The van der Waals surface area contributed by atoms with Crippen molar-refractivity contribution in [1.29, 1.82) is 0 Å². The topological polar surface area (TPSA) is 51.7 Å². The van der Waals surface area contributed by atoms with Gasteiger partial charge in [-0.3, -0.25) is 9.69 Å². The summed E-state index contributed by atoms with van der Waals surface area (Å²) in [5.74, 6) is 0.925. The highest BCUT2D eigenvalue weighted by Gasteiger charge is 2.11. The predicted molar refractivity (Wildman–Crippen MR) is 169 cm³/mol. The van der Waals surface area contributed by atoms with Gasteiger partial charge in [0, 0.05) is 51.6 Å². The minimum absolute atomic E-state index is 0.0469. The van der Waals surface area contributed by atoms with Gasteiger partial charge >= 0.3 is 0 Å². The molecule has 6 nitrogen and oxygen atoms in total. The van der Waals surface area contributed by atoms with Gasteiger partial charge in [0.05, 0.1) is 0 Å². The Kier molecular flexibility index (Phi) is 16.4. The second kappa shape index (κ2) is 18.9. The van der Waals surface area contributed by atoms with E-state index >= 15 is 0 Å². The number of rotatable bonds is 9. The third kappa shape index (κ3) is 12.9. The van der Waals surface area contributed by atoms with Gasteiger partial charge in [-0.25, -0.2) is 4.98 Å². The first kappa shape index (κ1) is 33.8. The molecule has 2 heterocycles. The number of likely N-dealkylation sites (tertiary alicyclic amines) is 1. The third-order valence-electron chi connectivity index (χ3n) is 6.11. The van der Waals surface area contributed by atoms with Gasteiger partial charge in [0.15, 0.2) is 0 Å². The van der Waals surface area contributed by atoms with Crippen molar-refractivity contribution in [3.63, 3.8) is 0 Å². The van der Waals surface area contributed by atoms with Crippen LogP contribution in [0.3, 0.4) is 0 Å². The van der Waals surface area contributed by atoms with E-state index < -0.39 is 0 Å². The van der Waals surface area contributed by atoms with Gasteiger partial charge in [0.25, 0.3) is 5.91 Å². The number of allylic oxidation sites excluding steroid dienone is 3. The molecular weight excluding hydrogens is 482 g/mol. The number of hydrogen-bond acceptors (Lipinski definition) is 5. The Hall–Kier alpha value is -3.22. The lowest BCUT2D eigenvalue weighted by Crippen LogP contribution is -2.31. The van der Waals surface area contributed by atoms with Gasteiger partial charge < -0.3 is 15.1 Å². The maximum absolute atomic E-state index is 11.3. The van der Waals surface area contributed by atoms with Crippen LogP contribution in [0.1, 0.15) is 56.0 Å². The van der Waals surface area contributed by atoms with Gasteiger partial charge in [-0.1, -0.05) is 62.8 Å². The van der Waals surface area contributed by atoms with Crippen LogP contribution in [0.25, 0.3) is 5.57 Å². The van der Waals surface area contributed by atoms with Crippen molar-refractivity contribution in [2.45, 2.75) is 40.0 Å². The largest absolute Gasteiger partial charge is 0.373 e. The molecule has 1 aromatic heterocycles. The van der Waals surface area contributed by atoms with E-state index in [1.807, 2.05) is 63.5 Å². The Balaban J connectivity index is 0.000000487. The molecule has 39 heavy (non-hydrogen) atoms. The van der Waals surface area contributed by atoms with Crippen molar-refractivity contribution >= 4 is 17.3 Å². The van der Waals surface area contributed by atoms with E-state index in [-0.39, 0.29) is 5.91 Å². The Bertz CT molecular complexity index is 1030.